The Balaban J connectivity index is 2.45. The maximum absolute atomic E-state index is 12.8. The fourth-order valence-corrected chi connectivity index (χ4v) is 5.58. The van der Waals surface area contributed by atoms with E-state index >= 15 is 0 Å². The molecule has 1 amide bonds. The van der Waals surface area contributed by atoms with E-state index in [4.69, 9.17) is 11.6 Å². The fraction of sp³-hybridized carbons (Fsp3) is 0.188. The van der Waals surface area contributed by atoms with Crippen LogP contribution in [0.15, 0.2) is 51.1 Å². The minimum absolute atomic E-state index is 0.100. The zero-order chi connectivity index (χ0) is 28.8. The highest BCUT2D eigenvalue weighted by Crippen LogP contribution is 2.36. The molecule has 204 valence electrons. The third-order valence-corrected chi connectivity index (χ3v) is 9.18. The van der Waals surface area contributed by atoms with Gasteiger partial charge in [-0.1, -0.05) is 11.6 Å². The topological polar surface area (TPSA) is 175 Å². The molecule has 0 unspecified atom stereocenters. The summed E-state index contributed by atoms with van der Waals surface area (Å²) in [5.41, 5.74) is -14.0. The summed E-state index contributed by atoms with van der Waals surface area (Å²) >= 11 is 5.68. The first-order valence-corrected chi connectivity index (χ1v) is 13.8. The molecule has 0 saturated heterocycles. The van der Waals surface area contributed by atoms with Crippen molar-refractivity contribution in [1.82, 2.24) is 0 Å². The van der Waals surface area contributed by atoms with E-state index in [0.29, 0.717) is 12.1 Å². The van der Waals surface area contributed by atoms with Gasteiger partial charge in [0.1, 0.15) is 10.6 Å². The number of benzene rings is 2. The van der Waals surface area contributed by atoms with Crippen LogP contribution in [0, 0.1) is 10.1 Å². The lowest BCUT2D eigenvalue weighted by atomic mass is 10.3. The van der Waals surface area contributed by atoms with Gasteiger partial charge in [-0.2, -0.15) is 26.3 Å². The van der Waals surface area contributed by atoms with E-state index in [1.807, 2.05) is 0 Å². The van der Waals surface area contributed by atoms with Crippen LogP contribution in [0.3, 0.4) is 0 Å². The Morgan fingerprint density at radius 2 is 1.32 bits per heavy atom. The molecule has 11 nitrogen and oxygen atoms in total. The van der Waals surface area contributed by atoms with Crippen molar-refractivity contribution in [1.29, 1.82) is 0 Å². The molecule has 0 aliphatic rings. The number of nitrogens with one attached hydrogen (secondary N) is 1. The van der Waals surface area contributed by atoms with Crippen LogP contribution in [0.2, 0.25) is 5.02 Å². The molecule has 21 heteroatoms. The molecule has 0 atom stereocenters. The van der Waals surface area contributed by atoms with Crippen LogP contribution in [0.25, 0.3) is 0 Å². The number of nitro groups is 1. The summed E-state index contributed by atoms with van der Waals surface area (Å²) in [5.74, 6) is -3.31. The molecule has 0 heterocycles. The van der Waals surface area contributed by atoms with Crippen LogP contribution in [0.5, 0.6) is 0 Å². The predicted octanol–water partition coefficient (Wildman–Crippen LogP) is 3.25. The molecule has 0 radical (unpaired) electrons. The van der Waals surface area contributed by atoms with Gasteiger partial charge in [-0.25, -0.2) is 25.3 Å². The normalized spacial score (nSPS) is 13.3. The molecule has 2 rings (SSSR count). The lowest BCUT2D eigenvalue weighted by Crippen LogP contribution is -2.25. The smallest absolute Gasteiger partial charge is 0.324 e. The van der Waals surface area contributed by atoms with Crippen molar-refractivity contribution in [3.8, 4) is 0 Å². The Labute approximate surface area is 207 Å². The van der Waals surface area contributed by atoms with Crippen molar-refractivity contribution >= 4 is 58.4 Å². The van der Waals surface area contributed by atoms with E-state index < -0.39 is 88.2 Å². The number of alkyl halides is 6. The molecule has 0 spiro atoms. The number of anilines is 1. The first-order valence-electron chi connectivity index (χ1n) is 8.75. The summed E-state index contributed by atoms with van der Waals surface area (Å²) in [7, 11) is -17.1. The van der Waals surface area contributed by atoms with Crippen LogP contribution < -0.4 is 5.32 Å². The number of nitrogens with zero attached hydrogens (tertiary/aromatic N) is 1. The third kappa shape index (κ3) is 6.13. The summed E-state index contributed by atoms with van der Waals surface area (Å²) in [5, 5.41) is 12.4. The molecule has 1 N–H and O–H groups in total. The van der Waals surface area contributed by atoms with Gasteiger partial charge in [0.05, 0.1) is 25.4 Å². The Hall–Kier alpha value is -2.97. The second kappa shape index (κ2) is 9.72. The maximum atomic E-state index is 12.8. The van der Waals surface area contributed by atoms with Crippen molar-refractivity contribution in [3.63, 3.8) is 0 Å². The van der Waals surface area contributed by atoms with E-state index in [1.54, 1.807) is 5.32 Å². The van der Waals surface area contributed by atoms with Crippen molar-refractivity contribution in [2.75, 3.05) is 11.1 Å². The third-order valence-electron chi connectivity index (χ3n) is 4.23. The Morgan fingerprint density at radius 3 is 1.78 bits per heavy atom. The Bertz CT molecular complexity index is 1600. The van der Waals surface area contributed by atoms with Gasteiger partial charge in [-0.05, 0) is 30.3 Å². The number of rotatable bonds is 7. The number of carbonyl (C=O) groups is 1. The van der Waals surface area contributed by atoms with Gasteiger partial charge in [0.15, 0.2) is 9.84 Å². The first-order chi connectivity index (χ1) is 16.5. The highest BCUT2D eigenvalue weighted by atomic mass is 35.5. The minimum atomic E-state index is -6.11. The van der Waals surface area contributed by atoms with E-state index in [9.17, 15) is 66.5 Å². The largest absolute Gasteiger partial charge is 0.501 e. The SMILES string of the molecule is O=C(CS(=O)(=O)c1ccc(S(=O)(=O)C(F)(F)F)cc1[N+](=O)[O-])Nc1cc(S(=O)(=O)C(F)(F)F)ccc1Cl. The van der Waals surface area contributed by atoms with Crippen LogP contribution in [0.4, 0.5) is 37.7 Å². The van der Waals surface area contributed by atoms with Crippen molar-refractivity contribution < 1.29 is 61.3 Å². The van der Waals surface area contributed by atoms with Gasteiger partial charge in [0.25, 0.3) is 25.4 Å². The average molecular weight is 619 g/mol. The lowest BCUT2D eigenvalue weighted by molar-refractivity contribution is -0.388. The average Bonchev–Trinajstić information content (AvgIpc) is 2.72. The first kappa shape index (κ1) is 30.3. The van der Waals surface area contributed by atoms with Crippen LogP contribution in [-0.2, 0) is 34.3 Å². The molecule has 0 saturated carbocycles. The summed E-state index contributed by atoms with van der Waals surface area (Å²) in [6.07, 6.45) is 0. The molecule has 0 aromatic heterocycles. The zero-order valence-electron chi connectivity index (χ0n) is 17.2. The lowest BCUT2D eigenvalue weighted by Gasteiger charge is -2.12. The van der Waals surface area contributed by atoms with E-state index in [1.165, 1.54) is 0 Å². The number of hydrogen-bond donors (Lipinski definition) is 1. The van der Waals surface area contributed by atoms with Crippen molar-refractivity contribution in [3.05, 3.63) is 51.5 Å². The quantitative estimate of drug-likeness (QED) is 0.277. The Morgan fingerprint density at radius 1 is 0.865 bits per heavy atom. The number of amides is 1. The monoisotopic (exact) mass is 618 g/mol. The van der Waals surface area contributed by atoms with Gasteiger partial charge in [-0.15, -0.1) is 0 Å². The standard InChI is InChI=1S/C16H9ClF6N2O9S3/c17-10-3-1-8(36(31,32)15(18,19)20)5-11(10)24-14(26)7-35(29,30)13-4-2-9(6-12(13)25(27)28)37(33,34)16(21,22)23/h1-6H,7H2,(H,24,26). The Kier molecular flexibility index (Phi) is 7.95. The molecule has 2 aromatic carbocycles. The molecule has 2 aromatic rings. The summed E-state index contributed by atoms with van der Waals surface area (Å²) < 4.78 is 148. The van der Waals surface area contributed by atoms with Gasteiger partial charge in [0.2, 0.25) is 5.91 Å². The van der Waals surface area contributed by atoms with Gasteiger partial charge in [0, 0.05) is 6.07 Å². The van der Waals surface area contributed by atoms with Crippen molar-refractivity contribution in [2.24, 2.45) is 0 Å². The number of sulfone groups is 3. The van der Waals surface area contributed by atoms with Gasteiger partial charge in [-0.3, -0.25) is 14.9 Å². The molecule has 0 bridgehead atoms. The van der Waals surface area contributed by atoms with Crippen LogP contribution in [-0.4, -0.2) is 52.9 Å². The second-order valence-corrected chi connectivity index (χ2v) is 13.0. The number of nitro benzene ring substituents is 1. The molecular formula is C16H9ClF6N2O9S3. The molecule has 0 fully saturated rings. The number of halogens is 7. The van der Waals surface area contributed by atoms with Gasteiger partial charge >= 0.3 is 11.0 Å². The molecule has 0 aliphatic carbocycles. The van der Waals surface area contributed by atoms with E-state index in [-0.39, 0.29) is 24.3 Å². The highest BCUT2D eigenvalue weighted by Gasteiger charge is 2.48. The highest BCUT2D eigenvalue weighted by molar-refractivity contribution is 7.93. The second-order valence-electron chi connectivity index (χ2n) is 6.73. The summed E-state index contributed by atoms with van der Waals surface area (Å²) in [6, 6.07) is 1.39. The number of hydrogen-bond acceptors (Lipinski definition) is 9. The van der Waals surface area contributed by atoms with Crippen LogP contribution in [0.1, 0.15) is 0 Å². The number of carbonyl (C=O) groups excluding carboxylic acids is 1. The fourth-order valence-electron chi connectivity index (χ4n) is 2.54. The maximum Gasteiger partial charge on any atom is 0.501 e. The molecule has 0 aliphatic heterocycles. The molecular weight excluding hydrogens is 610 g/mol. The van der Waals surface area contributed by atoms with Crippen molar-refractivity contribution in [2.45, 2.75) is 25.7 Å². The summed E-state index contributed by atoms with van der Waals surface area (Å²) in [6.45, 7) is 0. The molecule has 37 heavy (non-hydrogen) atoms. The zero-order valence-corrected chi connectivity index (χ0v) is 20.4. The van der Waals surface area contributed by atoms with Gasteiger partial charge < -0.3 is 5.32 Å². The summed E-state index contributed by atoms with van der Waals surface area (Å²) in [4.78, 5) is 17.5. The minimum Gasteiger partial charge on any atom is -0.324 e. The van der Waals surface area contributed by atoms with E-state index in [2.05, 4.69) is 0 Å². The van der Waals surface area contributed by atoms with Crippen LogP contribution >= 0.6 is 11.6 Å². The van der Waals surface area contributed by atoms with E-state index in [0.717, 1.165) is 0 Å². The predicted molar refractivity (Wildman–Crippen MR) is 112 cm³/mol.